The van der Waals surface area contributed by atoms with Crippen LogP contribution in [0.25, 0.3) is 0 Å². The number of allylic oxidation sites excluding steroid dienone is 2. The molecule has 3 N–H and O–H groups in total. The number of aryl methyl sites for hydroxylation is 1. The normalized spacial score (nSPS) is 11.1. The van der Waals surface area contributed by atoms with Gasteiger partial charge in [0.15, 0.2) is 17.3 Å². The Kier molecular flexibility index (Phi) is 11.3. The standard InChI is InChI=1S/C26H35NO4/c1-27-18-7-5-3-2-4-6-8-23(28)15-11-22-12-16-25(30)26(20-22)31-19-17-21-9-13-24(29)14-10-21/h6,8-10,12-14,16,20,27,29-30H,2-5,7,11,15,17-19H2,1H3. The van der Waals surface area contributed by atoms with Crippen LogP contribution in [-0.2, 0) is 17.6 Å². The second-order valence-electron chi connectivity index (χ2n) is 7.74. The molecule has 0 heterocycles. The molecule has 2 aromatic rings. The molecule has 0 saturated heterocycles. The van der Waals surface area contributed by atoms with E-state index in [0.29, 0.717) is 31.6 Å². The molecule has 0 saturated carbocycles. The Hall–Kier alpha value is -2.79. The van der Waals surface area contributed by atoms with E-state index in [1.807, 2.05) is 31.3 Å². The summed E-state index contributed by atoms with van der Waals surface area (Å²) < 4.78 is 5.73. The highest BCUT2D eigenvalue weighted by atomic mass is 16.5. The number of nitrogens with one attached hydrogen (secondary N) is 1. The molecule has 0 spiro atoms. The molecule has 0 radical (unpaired) electrons. The third kappa shape index (κ3) is 10.2. The van der Waals surface area contributed by atoms with Gasteiger partial charge in [-0.2, -0.15) is 0 Å². The second-order valence-corrected chi connectivity index (χ2v) is 7.74. The number of ketones is 1. The average Bonchev–Trinajstić information content (AvgIpc) is 2.77. The zero-order valence-corrected chi connectivity index (χ0v) is 18.5. The number of rotatable bonds is 15. The van der Waals surface area contributed by atoms with Crippen LogP contribution in [0.3, 0.4) is 0 Å². The van der Waals surface area contributed by atoms with Crippen LogP contribution in [0, 0.1) is 0 Å². The zero-order valence-electron chi connectivity index (χ0n) is 18.5. The molecule has 2 rings (SSSR count). The smallest absolute Gasteiger partial charge is 0.161 e. The fourth-order valence-corrected chi connectivity index (χ4v) is 3.25. The summed E-state index contributed by atoms with van der Waals surface area (Å²) in [4.78, 5) is 12.1. The van der Waals surface area contributed by atoms with E-state index in [4.69, 9.17) is 4.74 Å². The van der Waals surface area contributed by atoms with Crippen molar-refractivity contribution in [3.8, 4) is 17.2 Å². The summed E-state index contributed by atoms with van der Waals surface area (Å²) in [5.74, 6) is 0.880. The summed E-state index contributed by atoms with van der Waals surface area (Å²) in [5, 5.41) is 22.5. The zero-order chi connectivity index (χ0) is 22.3. The highest BCUT2D eigenvalue weighted by Crippen LogP contribution is 2.27. The molecular formula is C26H35NO4. The van der Waals surface area contributed by atoms with Gasteiger partial charge in [0.25, 0.3) is 0 Å². The maximum Gasteiger partial charge on any atom is 0.161 e. The third-order valence-electron chi connectivity index (χ3n) is 5.12. The fraction of sp³-hybridized carbons (Fsp3) is 0.423. The molecule has 0 unspecified atom stereocenters. The summed E-state index contributed by atoms with van der Waals surface area (Å²) >= 11 is 0. The van der Waals surface area contributed by atoms with Gasteiger partial charge in [-0.05, 0) is 80.7 Å². The van der Waals surface area contributed by atoms with E-state index in [1.165, 1.54) is 19.3 Å². The first-order valence-corrected chi connectivity index (χ1v) is 11.1. The summed E-state index contributed by atoms with van der Waals surface area (Å²) in [6.45, 7) is 1.48. The molecule has 2 aromatic carbocycles. The van der Waals surface area contributed by atoms with Gasteiger partial charge in [0.2, 0.25) is 0 Å². The maximum atomic E-state index is 12.1. The highest BCUT2D eigenvalue weighted by molar-refractivity contribution is 5.89. The van der Waals surface area contributed by atoms with Crippen molar-refractivity contribution in [3.05, 3.63) is 65.7 Å². The molecule has 0 aliphatic carbocycles. The number of aromatic hydroxyl groups is 2. The van der Waals surface area contributed by atoms with Crippen LogP contribution in [0.4, 0.5) is 0 Å². The largest absolute Gasteiger partial charge is 0.508 e. The quantitative estimate of drug-likeness (QED) is 0.278. The number of ether oxygens (including phenoxy) is 1. The second kappa shape index (κ2) is 14.3. The SMILES string of the molecule is CNCCCCCCC=CC(=O)CCc1ccc(O)c(OCCc2ccc(O)cc2)c1. The van der Waals surface area contributed by atoms with E-state index < -0.39 is 0 Å². The Morgan fingerprint density at radius 2 is 1.71 bits per heavy atom. The van der Waals surface area contributed by atoms with E-state index >= 15 is 0 Å². The van der Waals surface area contributed by atoms with E-state index in [9.17, 15) is 15.0 Å². The maximum absolute atomic E-state index is 12.1. The number of unbranched alkanes of at least 4 members (excludes halogenated alkanes) is 4. The molecular weight excluding hydrogens is 390 g/mol. The van der Waals surface area contributed by atoms with Crippen molar-refractivity contribution in [3.63, 3.8) is 0 Å². The van der Waals surface area contributed by atoms with Crippen molar-refractivity contribution >= 4 is 5.78 Å². The van der Waals surface area contributed by atoms with Gasteiger partial charge in [-0.15, -0.1) is 0 Å². The molecule has 5 nitrogen and oxygen atoms in total. The number of carbonyl (C=O) groups excluding carboxylic acids is 1. The van der Waals surface area contributed by atoms with Crippen LogP contribution in [0.15, 0.2) is 54.6 Å². The summed E-state index contributed by atoms with van der Waals surface area (Å²) in [5.41, 5.74) is 2.01. The van der Waals surface area contributed by atoms with Crippen molar-refractivity contribution < 1.29 is 19.7 Å². The Morgan fingerprint density at radius 1 is 0.968 bits per heavy atom. The monoisotopic (exact) mass is 425 g/mol. The van der Waals surface area contributed by atoms with Crippen molar-refractivity contribution in [2.24, 2.45) is 0 Å². The van der Waals surface area contributed by atoms with Gasteiger partial charge in [-0.25, -0.2) is 0 Å². The third-order valence-corrected chi connectivity index (χ3v) is 5.12. The Labute approximate surface area is 185 Å². The molecule has 0 aromatic heterocycles. The molecule has 0 aliphatic heterocycles. The summed E-state index contributed by atoms with van der Waals surface area (Å²) in [7, 11) is 1.97. The molecule has 168 valence electrons. The molecule has 0 amide bonds. The van der Waals surface area contributed by atoms with Crippen LogP contribution in [0.5, 0.6) is 17.2 Å². The molecule has 5 heteroatoms. The summed E-state index contributed by atoms with van der Waals surface area (Å²) in [6.07, 6.45) is 11.1. The van der Waals surface area contributed by atoms with Gasteiger partial charge >= 0.3 is 0 Å². The number of benzene rings is 2. The first kappa shape index (κ1) is 24.5. The van der Waals surface area contributed by atoms with Crippen molar-refractivity contribution in [2.45, 2.75) is 51.4 Å². The van der Waals surface area contributed by atoms with Gasteiger partial charge in [-0.1, -0.05) is 37.1 Å². The minimum Gasteiger partial charge on any atom is -0.508 e. The fourth-order valence-electron chi connectivity index (χ4n) is 3.25. The lowest BCUT2D eigenvalue weighted by molar-refractivity contribution is -0.114. The molecule has 0 aliphatic rings. The lowest BCUT2D eigenvalue weighted by Crippen LogP contribution is -2.06. The number of carbonyl (C=O) groups is 1. The first-order chi connectivity index (χ1) is 15.1. The number of hydrogen-bond donors (Lipinski definition) is 3. The van der Waals surface area contributed by atoms with Gasteiger partial charge in [0.1, 0.15) is 5.75 Å². The molecule has 0 bridgehead atoms. The predicted molar refractivity (Wildman–Crippen MR) is 125 cm³/mol. The number of phenols is 2. The Bertz CT molecular complexity index is 815. The van der Waals surface area contributed by atoms with E-state index in [2.05, 4.69) is 5.32 Å². The highest BCUT2D eigenvalue weighted by Gasteiger charge is 2.06. The average molecular weight is 426 g/mol. The molecule has 31 heavy (non-hydrogen) atoms. The van der Waals surface area contributed by atoms with Gasteiger partial charge < -0.3 is 20.3 Å². The van der Waals surface area contributed by atoms with Crippen LogP contribution >= 0.6 is 0 Å². The minimum atomic E-state index is 0.0930. The van der Waals surface area contributed by atoms with Gasteiger partial charge in [-0.3, -0.25) is 4.79 Å². The van der Waals surface area contributed by atoms with Gasteiger partial charge in [0.05, 0.1) is 6.61 Å². The first-order valence-electron chi connectivity index (χ1n) is 11.1. The van der Waals surface area contributed by atoms with E-state index in [-0.39, 0.29) is 17.3 Å². The van der Waals surface area contributed by atoms with Crippen molar-refractivity contribution in [1.82, 2.24) is 5.32 Å². The van der Waals surface area contributed by atoms with E-state index in [0.717, 1.165) is 30.5 Å². The topological polar surface area (TPSA) is 78.8 Å². The van der Waals surface area contributed by atoms with Gasteiger partial charge in [0, 0.05) is 12.8 Å². The molecule has 0 atom stereocenters. The van der Waals surface area contributed by atoms with E-state index in [1.54, 1.807) is 30.3 Å². The number of phenolic OH excluding ortho intramolecular Hbond substituents is 2. The van der Waals surface area contributed by atoms with Crippen LogP contribution in [0.2, 0.25) is 0 Å². The molecule has 0 fully saturated rings. The van der Waals surface area contributed by atoms with Crippen molar-refractivity contribution in [2.75, 3.05) is 20.2 Å². The Balaban J connectivity index is 1.70. The minimum absolute atomic E-state index is 0.0930. The lowest BCUT2D eigenvalue weighted by atomic mass is 10.1. The Morgan fingerprint density at radius 3 is 2.48 bits per heavy atom. The summed E-state index contributed by atoms with van der Waals surface area (Å²) in [6, 6.07) is 12.2. The van der Waals surface area contributed by atoms with Crippen molar-refractivity contribution in [1.29, 1.82) is 0 Å². The van der Waals surface area contributed by atoms with Crippen LogP contribution in [-0.4, -0.2) is 36.2 Å². The lowest BCUT2D eigenvalue weighted by Gasteiger charge is -2.10. The number of hydrogen-bond acceptors (Lipinski definition) is 5. The predicted octanol–water partition coefficient (Wildman–Crippen LogP) is 4.95. The van der Waals surface area contributed by atoms with Crippen LogP contribution < -0.4 is 10.1 Å². The van der Waals surface area contributed by atoms with Crippen LogP contribution in [0.1, 0.15) is 49.7 Å².